The fourth-order valence-corrected chi connectivity index (χ4v) is 5.63. The van der Waals surface area contributed by atoms with Crippen molar-refractivity contribution in [2.45, 2.75) is 38.8 Å². The lowest BCUT2D eigenvalue weighted by Crippen LogP contribution is -2.46. The molecule has 6 rings (SSSR count). The number of anilines is 1. The molecular formula is C30H33N7O5. The third-order valence-electron chi connectivity index (χ3n) is 7.91. The Morgan fingerprint density at radius 3 is 2.55 bits per heavy atom. The molecule has 42 heavy (non-hydrogen) atoms. The molecule has 5 heterocycles. The predicted octanol–water partition coefficient (Wildman–Crippen LogP) is 2.47. The number of fused-ring (bicyclic) bond motifs is 2. The largest absolute Gasteiger partial charge is 0.489 e. The van der Waals surface area contributed by atoms with Crippen molar-refractivity contribution in [2.24, 2.45) is 0 Å². The van der Waals surface area contributed by atoms with Crippen molar-refractivity contribution in [1.29, 1.82) is 0 Å². The number of ether oxygens (including phenoxy) is 1. The fourth-order valence-electron chi connectivity index (χ4n) is 5.63. The van der Waals surface area contributed by atoms with Crippen LogP contribution in [0.1, 0.15) is 44.9 Å². The summed E-state index contributed by atoms with van der Waals surface area (Å²) in [6.45, 7) is 5.55. The Labute approximate surface area is 241 Å². The highest BCUT2D eigenvalue weighted by atomic mass is 16.5. The number of hydrogen-bond acceptors (Lipinski definition) is 9. The van der Waals surface area contributed by atoms with E-state index in [-0.39, 0.29) is 48.0 Å². The topological polar surface area (TPSA) is 157 Å². The molecule has 2 aliphatic rings. The van der Waals surface area contributed by atoms with Crippen LogP contribution < -0.4 is 15.6 Å². The van der Waals surface area contributed by atoms with E-state index in [1.807, 2.05) is 33.0 Å². The number of imide groups is 1. The number of imidazole rings is 1. The Morgan fingerprint density at radius 2 is 1.81 bits per heavy atom. The summed E-state index contributed by atoms with van der Waals surface area (Å²) in [5.41, 5.74) is 3.60. The molecule has 12 heteroatoms. The molecule has 1 saturated heterocycles. The highest BCUT2D eigenvalue weighted by molar-refractivity contribution is 6.23. The smallest absolute Gasteiger partial charge is 0.261 e. The lowest BCUT2D eigenvalue weighted by Gasteiger charge is -2.33. The second-order valence-electron chi connectivity index (χ2n) is 11.0. The molecule has 2 aliphatic heterocycles. The number of nitrogens with zero attached hydrogens (tertiary/aromatic N) is 4. The van der Waals surface area contributed by atoms with Gasteiger partial charge >= 0.3 is 0 Å². The number of H-pyrrole nitrogens is 2. The minimum Gasteiger partial charge on any atom is -0.489 e. The number of aliphatic hydroxyl groups excluding tert-OH is 1. The van der Waals surface area contributed by atoms with Crippen LogP contribution >= 0.6 is 0 Å². The van der Waals surface area contributed by atoms with Crippen molar-refractivity contribution in [2.75, 3.05) is 38.6 Å². The van der Waals surface area contributed by atoms with Gasteiger partial charge in [-0.05, 0) is 77.2 Å². The Bertz CT molecular complexity index is 1680. The average molecular weight is 572 g/mol. The number of likely N-dealkylation sites (tertiary alicyclic amines) is 1. The summed E-state index contributed by atoms with van der Waals surface area (Å²) >= 11 is 0. The van der Waals surface area contributed by atoms with Crippen molar-refractivity contribution in [3.63, 3.8) is 0 Å². The van der Waals surface area contributed by atoms with Gasteiger partial charge in [-0.2, -0.15) is 0 Å². The standard InChI is InChI=1S/C30H33N7O5/c1-16-4-5-25(17(2)33-16)42-15-19(38)14-32-22-6-9-31-28(39)26(22)27-34-23-12-20-21(13-24(23)35-27)30(41)37(29(20)40)18-7-10-36(3)11-8-18/h4-6,9,12-13,18-19,38H,7-8,10-11,14-15H2,1-3H3,(H,34,35)(H2,31,32,39)/t19-/m1/s1. The van der Waals surface area contributed by atoms with Crippen molar-refractivity contribution >= 4 is 28.5 Å². The summed E-state index contributed by atoms with van der Waals surface area (Å²) < 4.78 is 5.73. The number of amides is 2. The maximum atomic E-state index is 13.3. The van der Waals surface area contributed by atoms with Crippen LogP contribution in [0, 0.1) is 13.8 Å². The monoisotopic (exact) mass is 571 g/mol. The molecule has 2 amide bonds. The molecule has 4 N–H and O–H groups in total. The second kappa shape index (κ2) is 11.0. The van der Waals surface area contributed by atoms with Gasteiger partial charge in [-0.15, -0.1) is 0 Å². The van der Waals surface area contributed by atoms with Gasteiger partial charge in [0.2, 0.25) is 0 Å². The number of piperidine rings is 1. The van der Waals surface area contributed by atoms with E-state index in [0.717, 1.165) is 37.3 Å². The van der Waals surface area contributed by atoms with Gasteiger partial charge in [0.05, 0.1) is 33.5 Å². The summed E-state index contributed by atoms with van der Waals surface area (Å²) in [7, 11) is 2.03. The summed E-state index contributed by atoms with van der Waals surface area (Å²) in [6.07, 6.45) is 2.13. The summed E-state index contributed by atoms with van der Waals surface area (Å²) in [5.74, 6) is 0.272. The number of aliphatic hydroxyl groups is 1. The quantitative estimate of drug-likeness (QED) is 0.233. The van der Waals surface area contributed by atoms with Gasteiger partial charge in [0.25, 0.3) is 17.4 Å². The second-order valence-corrected chi connectivity index (χ2v) is 11.0. The molecule has 12 nitrogen and oxygen atoms in total. The Kier molecular flexibility index (Phi) is 7.25. The van der Waals surface area contributed by atoms with Gasteiger partial charge < -0.3 is 30.0 Å². The molecule has 218 valence electrons. The van der Waals surface area contributed by atoms with E-state index in [2.05, 4.69) is 30.2 Å². The van der Waals surface area contributed by atoms with Crippen LogP contribution in [0.2, 0.25) is 0 Å². The van der Waals surface area contributed by atoms with Crippen molar-refractivity contribution < 1.29 is 19.4 Å². The van der Waals surface area contributed by atoms with Gasteiger partial charge in [-0.1, -0.05) is 0 Å². The summed E-state index contributed by atoms with van der Waals surface area (Å²) in [4.78, 5) is 57.9. The number of hydrogen-bond donors (Lipinski definition) is 4. The number of aromatic nitrogens is 4. The van der Waals surface area contributed by atoms with Crippen LogP contribution in [0.15, 0.2) is 41.3 Å². The van der Waals surface area contributed by atoms with Gasteiger partial charge in [0.15, 0.2) is 0 Å². The number of aromatic amines is 2. The highest BCUT2D eigenvalue weighted by Crippen LogP contribution is 2.32. The third-order valence-corrected chi connectivity index (χ3v) is 7.91. The Morgan fingerprint density at radius 1 is 1.07 bits per heavy atom. The molecule has 4 aromatic rings. The molecule has 1 atom stereocenters. The average Bonchev–Trinajstić information content (AvgIpc) is 3.48. The zero-order chi connectivity index (χ0) is 29.5. The van der Waals surface area contributed by atoms with Crippen molar-refractivity contribution in [3.8, 4) is 17.1 Å². The first-order valence-electron chi connectivity index (χ1n) is 14.0. The van der Waals surface area contributed by atoms with E-state index in [1.54, 1.807) is 18.2 Å². The molecular weight excluding hydrogens is 538 g/mol. The van der Waals surface area contributed by atoms with E-state index in [1.165, 1.54) is 11.1 Å². The first kappa shape index (κ1) is 27.6. The predicted molar refractivity (Wildman–Crippen MR) is 157 cm³/mol. The Balaban J connectivity index is 1.20. The maximum Gasteiger partial charge on any atom is 0.261 e. The minimum absolute atomic E-state index is 0.0317. The molecule has 3 aromatic heterocycles. The lowest BCUT2D eigenvalue weighted by molar-refractivity contribution is 0.0516. The minimum atomic E-state index is -0.874. The number of rotatable bonds is 8. The number of benzene rings is 1. The fraction of sp³-hybridized carbons (Fsp3) is 0.367. The first-order chi connectivity index (χ1) is 20.2. The van der Waals surface area contributed by atoms with E-state index in [9.17, 15) is 19.5 Å². The van der Waals surface area contributed by atoms with E-state index in [4.69, 9.17) is 4.74 Å². The zero-order valence-corrected chi connectivity index (χ0v) is 23.7. The Hall–Kier alpha value is -4.55. The number of nitrogens with one attached hydrogen (secondary N) is 3. The molecule has 0 spiro atoms. The zero-order valence-electron chi connectivity index (χ0n) is 23.7. The van der Waals surface area contributed by atoms with Gasteiger partial charge in [-0.3, -0.25) is 24.3 Å². The molecule has 0 unspecified atom stereocenters. The molecule has 0 radical (unpaired) electrons. The van der Waals surface area contributed by atoms with Crippen LogP contribution in [0.3, 0.4) is 0 Å². The van der Waals surface area contributed by atoms with Crippen LogP contribution in [0.25, 0.3) is 22.4 Å². The maximum absolute atomic E-state index is 13.3. The molecule has 0 bridgehead atoms. The van der Waals surface area contributed by atoms with E-state index in [0.29, 0.717) is 33.6 Å². The van der Waals surface area contributed by atoms with Crippen LogP contribution in [-0.2, 0) is 0 Å². The summed E-state index contributed by atoms with van der Waals surface area (Å²) in [5, 5.41) is 13.7. The summed E-state index contributed by atoms with van der Waals surface area (Å²) in [6, 6.07) is 8.48. The first-order valence-corrected chi connectivity index (χ1v) is 14.0. The normalized spacial score (nSPS) is 16.7. The van der Waals surface area contributed by atoms with Crippen molar-refractivity contribution in [1.82, 2.24) is 29.7 Å². The SMILES string of the molecule is Cc1ccc(OC[C@H](O)CNc2cc[nH]c(=O)c2-c2nc3cc4c(cc3[nH]2)C(=O)N(C2CCN(C)CC2)C4=O)c(C)n1. The number of pyridine rings is 2. The number of carbonyl (C=O) groups excluding carboxylic acids is 2. The van der Waals surface area contributed by atoms with Crippen LogP contribution in [-0.4, -0.2) is 92.1 Å². The highest BCUT2D eigenvalue weighted by Gasteiger charge is 2.41. The van der Waals surface area contributed by atoms with E-state index < -0.39 is 6.10 Å². The third kappa shape index (κ3) is 5.14. The van der Waals surface area contributed by atoms with Gasteiger partial charge in [0.1, 0.15) is 29.8 Å². The van der Waals surface area contributed by atoms with Crippen molar-refractivity contribution in [3.05, 3.63) is 69.4 Å². The van der Waals surface area contributed by atoms with Gasteiger partial charge in [-0.25, -0.2) is 4.98 Å². The van der Waals surface area contributed by atoms with Crippen LogP contribution in [0.4, 0.5) is 5.69 Å². The molecule has 1 fully saturated rings. The molecule has 0 saturated carbocycles. The lowest BCUT2D eigenvalue weighted by atomic mass is 10.0. The van der Waals surface area contributed by atoms with E-state index >= 15 is 0 Å². The molecule has 0 aliphatic carbocycles. The number of aryl methyl sites for hydroxylation is 2. The van der Waals surface area contributed by atoms with Gasteiger partial charge in [0, 0.05) is 24.5 Å². The number of carbonyl (C=O) groups is 2. The van der Waals surface area contributed by atoms with Crippen LogP contribution in [0.5, 0.6) is 5.75 Å². The molecule has 1 aromatic carbocycles.